The van der Waals surface area contributed by atoms with Gasteiger partial charge < -0.3 is 11.5 Å². The summed E-state index contributed by atoms with van der Waals surface area (Å²) in [6.45, 7) is 0. The third-order valence-electron chi connectivity index (χ3n) is 0. The van der Waals surface area contributed by atoms with Gasteiger partial charge in [-0.05, 0) is 0 Å². The van der Waals surface area contributed by atoms with Crippen LogP contribution in [0.3, 0.4) is 0 Å². The van der Waals surface area contributed by atoms with Crippen LogP contribution in [0.15, 0.2) is 0 Å². The Labute approximate surface area is 88.1 Å². The predicted octanol–water partition coefficient (Wildman–Crippen LogP) is -1.74. The number of hydrogen-bond donors (Lipinski definition) is 2. The van der Waals surface area contributed by atoms with E-state index in [9.17, 15) is 0 Å². The van der Waals surface area contributed by atoms with Gasteiger partial charge in [-0.2, -0.15) is 0 Å². The summed E-state index contributed by atoms with van der Waals surface area (Å²) in [6.07, 6.45) is 0. The van der Waals surface area contributed by atoms with Crippen molar-refractivity contribution in [2.24, 2.45) is 11.5 Å². The average Bonchev–Trinajstić information content (AvgIpc) is 0.811. The molecule has 0 aromatic heterocycles. The van der Waals surface area contributed by atoms with Crippen molar-refractivity contribution < 1.29 is 4.79 Å². The van der Waals surface area contributed by atoms with Crippen LogP contribution in [0.25, 0.3) is 0 Å². The van der Waals surface area contributed by atoms with Gasteiger partial charge in [0, 0.05) is 67.3 Å². The van der Waals surface area contributed by atoms with Gasteiger partial charge in [-0.15, -0.1) is 0 Å². The van der Waals surface area contributed by atoms with E-state index in [-0.39, 0.29) is 67.3 Å². The van der Waals surface area contributed by atoms with Crippen molar-refractivity contribution in [1.29, 1.82) is 0 Å². The van der Waals surface area contributed by atoms with Crippen molar-refractivity contribution in [3.05, 3.63) is 0 Å². The first-order chi connectivity index (χ1) is 1.73. The topological polar surface area (TPSA) is 69.1 Å². The Morgan fingerprint density at radius 3 is 1.33 bits per heavy atom. The SMILES string of the molecule is NC(N)=O.[Ca].[Na]. The number of rotatable bonds is 0. The van der Waals surface area contributed by atoms with E-state index in [1.165, 1.54) is 0 Å². The third kappa shape index (κ3) is 48.5. The fraction of sp³-hybridized carbons (Fsp3) is 0. The molecule has 0 fully saturated rings. The molecular formula is CH4CaN2NaO. The van der Waals surface area contributed by atoms with E-state index in [1.807, 2.05) is 0 Å². The summed E-state index contributed by atoms with van der Waals surface area (Å²) >= 11 is 0. The van der Waals surface area contributed by atoms with Gasteiger partial charge in [0.1, 0.15) is 0 Å². The standard InChI is InChI=1S/CH4N2O.Ca.Na/c2-1(3)4;;/h(H4,2,3,4);;. The molecule has 0 heterocycles. The minimum absolute atomic E-state index is 0. The predicted molar refractivity (Wildman–Crippen MR) is 25.3 cm³/mol. The molecule has 5 heteroatoms. The molecule has 27 valence electrons. The normalized spacial score (nSPS) is 4.00. The number of carbonyl (C=O) groups excluding carboxylic acids is 1. The van der Waals surface area contributed by atoms with Gasteiger partial charge in [0.2, 0.25) is 0 Å². The van der Waals surface area contributed by atoms with Crippen LogP contribution in [0.2, 0.25) is 0 Å². The number of amides is 2. The summed E-state index contributed by atoms with van der Waals surface area (Å²) in [5, 5.41) is 0. The smallest absolute Gasteiger partial charge is 0.309 e. The van der Waals surface area contributed by atoms with Crippen molar-refractivity contribution in [2.75, 3.05) is 0 Å². The molecule has 0 saturated heterocycles. The van der Waals surface area contributed by atoms with Gasteiger partial charge in [-0.1, -0.05) is 0 Å². The Morgan fingerprint density at radius 1 is 1.33 bits per heavy atom. The van der Waals surface area contributed by atoms with Gasteiger partial charge in [-0.25, -0.2) is 4.79 Å². The average molecular weight is 123 g/mol. The molecule has 6 heavy (non-hydrogen) atoms. The van der Waals surface area contributed by atoms with E-state index >= 15 is 0 Å². The Kier molecular flexibility index (Phi) is 25.4. The summed E-state index contributed by atoms with van der Waals surface area (Å²) in [5.41, 5.74) is 8.50. The largest absolute Gasteiger partial charge is 0.352 e. The zero-order valence-electron chi connectivity index (χ0n) is 3.77. The van der Waals surface area contributed by atoms with Gasteiger partial charge >= 0.3 is 6.03 Å². The molecular weight excluding hydrogens is 119 g/mol. The van der Waals surface area contributed by atoms with Crippen LogP contribution in [0.1, 0.15) is 0 Å². The summed E-state index contributed by atoms with van der Waals surface area (Å²) in [7, 11) is 0. The van der Waals surface area contributed by atoms with Gasteiger partial charge in [0.15, 0.2) is 0 Å². The van der Waals surface area contributed by atoms with Crippen LogP contribution in [0.4, 0.5) is 4.79 Å². The number of urea groups is 1. The van der Waals surface area contributed by atoms with E-state index in [0.29, 0.717) is 0 Å². The second-order valence-corrected chi connectivity index (χ2v) is 0.402. The van der Waals surface area contributed by atoms with Crippen molar-refractivity contribution in [2.45, 2.75) is 0 Å². The van der Waals surface area contributed by atoms with Crippen molar-refractivity contribution in [1.82, 2.24) is 0 Å². The fourth-order valence-electron chi connectivity index (χ4n) is 0. The minimum atomic E-state index is -0.833. The van der Waals surface area contributed by atoms with Crippen LogP contribution in [-0.4, -0.2) is 73.3 Å². The zero-order chi connectivity index (χ0) is 3.58. The number of primary amides is 2. The molecule has 0 saturated carbocycles. The maximum Gasteiger partial charge on any atom is 0.309 e. The molecule has 0 rings (SSSR count). The molecule has 0 aromatic rings. The van der Waals surface area contributed by atoms with Gasteiger partial charge in [0.05, 0.1) is 0 Å². The molecule has 0 aromatic carbocycles. The molecule has 3 nitrogen and oxygen atoms in total. The van der Waals surface area contributed by atoms with Crippen molar-refractivity contribution in [3.63, 3.8) is 0 Å². The van der Waals surface area contributed by atoms with E-state index in [0.717, 1.165) is 0 Å². The monoisotopic (exact) mass is 123 g/mol. The Hall–Kier alpha value is 1.53. The van der Waals surface area contributed by atoms with Crippen LogP contribution in [0.5, 0.6) is 0 Å². The molecule has 0 unspecified atom stereocenters. The first-order valence-corrected chi connectivity index (χ1v) is 0.781. The zero-order valence-corrected chi connectivity index (χ0v) is 7.98. The van der Waals surface area contributed by atoms with Gasteiger partial charge in [-0.3, -0.25) is 0 Å². The Bertz CT molecular complexity index is 36.5. The van der Waals surface area contributed by atoms with Gasteiger partial charge in [0.25, 0.3) is 0 Å². The van der Waals surface area contributed by atoms with Crippen molar-refractivity contribution >= 4 is 73.3 Å². The third-order valence-corrected chi connectivity index (χ3v) is 0. The first kappa shape index (κ1) is 15.6. The second kappa shape index (κ2) is 9.73. The summed E-state index contributed by atoms with van der Waals surface area (Å²) in [5.74, 6) is 0. The van der Waals surface area contributed by atoms with Crippen LogP contribution >= 0.6 is 0 Å². The maximum absolute atomic E-state index is 9.00. The number of nitrogens with two attached hydrogens (primary N) is 2. The van der Waals surface area contributed by atoms with Crippen molar-refractivity contribution in [3.8, 4) is 0 Å². The molecule has 0 bridgehead atoms. The first-order valence-electron chi connectivity index (χ1n) is 0.781. The van der Waals surface area contributed by atoms with E-state index in [2.05, 4.69) is 11.5 Å². The molecule has 0 spiro atoms. The molecule has 0 aliphatic rings. The molecule has 0 aliphatic heterocycles. The molecule has 4 N–H and O–H groups in total. The quantitative estimate of drug-likeness (QED) is 0.369. The number of carbonyl (C=O) groups is 1. The van der Waals surface area contributed by atoms with E-state index in [1.54, 1.807) is 0 Å². The minimum Gasteiger partial charge on any atom is -0.352 e. The second-order valence-electron chi connectivity index (χ2n) is 0.402. The fourth-order valence-corrected chi connectivity index (χ4v) is 0. The van der Waals surface area contributed by atoms with Crippen LogP contribution in [-0.2, 0) is 0 Å². The summed E-state index contributed by atoms with van der Waals surface area (Å²) in [4.78, 5) is 9.00. The Balaban J connectivity index is -0.0000000450. The summed E-state index contributed by atoms with van der Waals surface area (Å²) < 4.78 is 0. The molecule has 2 amide bonds. The van der Waals surface area contributed by atoms with E-state index in [4.69, 9.17) is 4.79 Å². The summed E-state index contributed by atoms with van der Waals surface area (Å²) in [6, 6.07) is -0.833. The Morgan fingerprint density at radius 2 is 1.33 bits per heavy atom. The van der Waals surface area contributed by atoms with E-state index < -0.39 is 6.03 Å². The molecule has 0 aliphatic carbocycles. The number of hydrogen-bond acceptors (Lipinski definition) is 1. The van der Waals surface area contributed by atoms with Crippen LogP contribution in [0, 0.1) is 0 Å². The molecule has 0 atom stereocenters. The van der Waals surface area contributed by atoms with Crippen LogP contribution < -0.4 is 11.5 Å². The maximum atomic E-state index is 9.00. The molecule has 3 radical (unpaired) electrons.